The number of nitrogens with zero attached hydrogens (tertiary/aromatic N) is 1. The van der Waals surface area contributed by atoms with Crippen LogP contribution in [-0.4, -0.2) is 35.9 Å². The van der Waals surface area contributed by atoms with Crippen LogP contribution in [0.1, 0.15) is 18.9 Å². The quantitative estimate of drug-likeness (QED) is 0.759. The number of nitrogens with one attached hydrogen (secondary N) is 1. The number of amides is 4. The summed E-state index contributed by atoms with van der Waals surface area (Å²) in [5, 5.41) is 2.53. The van der Waals surface area contributed by atoms with Crippen LogP contribution in [0, 0.1) is 0 Å². The fourth-order valence-electron chi connectivity index (χ4n) is 2.29. The standard InChI is InChI=1S/C14H15F2N3O4/c1-14(8-2-4-9(5-3-8)23-12(15)16)11(21)19(13(22)18-14)7-6-10(17)20/h2-5,12H,6-7H2,1H3,(H2,17,20)(H,18,22)/t14-/m1/s1. The molecule has 1 aliphatic heterocycles. The first-order chi connectivity index (χ1) is 10.7. The lowest BCUT2D eigenvalue weighted by molar-refractivity contribution is -0.131. The van der Waals surface area contributed by atoms with E-state index in [1.54, 1.807) is 0 Å². The monoisotopic (exact) mass is 327 g/mol. The van der Waals surface area contributed by atoms with Crippen molar-refractivity contribution in [3.63, 3.8) is 0 Å². The molecule has 2 rings (SSSR count). The molecule has 1 aromatic rings. The van der Waals surface area contributed by atoms with Gasteiger partial charge >= 0.3 is 12.6 Å². The van der Waals surface area contributed by atoms with Crippen molar-refractivity contribution in [1.29, 1.82) is 0 Å². The number of carbonyl (C=O) groups excluding carboxylic acids is 3. The van der Waals surface area contributed by atoms with Crippen molar-refractivity contribution < 1.29 is 27.9 Å². The van der Waals surface area contributed by atoms with E-state index in [0.29, 0.717) is 5.56 Å². The summed E-state index contributed by atoms with van der Waals surface area (Å²) in [5.41, 5.74) is 4.07. The van der Waals surface area contributed by atoms with E-state index in [-0.39, 0.29) is 18.7 Å². The largest absolute Gasteiger partial charge is 0.435 e. The van der Waals surface area contributed by atoms with Crippen LogP contribution in [0.3, 0.4) is 0 Å². The maximum atomic E-state index is 12.5. The fourth-order valence-corrected chi connectivity index (χ4v) is 2.29. The predicted octanol–water partition coefficient (Wildman–Crippen LogP) is 0.930. The molecule has 3 N–H and O–H groups in total. The molecule has 124 valence electrons. The number of rotatable bonds is 6. The van der Waals surface area contributed by atoms with Crippen LogP contribution in [0.4, 0.5) is 13.6 Å². The molecule has 7 nitrogen and oxygen atoms in total. The van der Waals surface area contributed by atoms with Crippen LogP contribution in [0.2, 0.25) is 0 Å². The highest BCUT2D eigenvalue weighted by Gasteiger charge is 2.48. The number of hydrogen-bond acceptors (Lipinski definition) is 4. The summed E-state index contributed by atoms with van der Waals surface area (Å²) in [6.45, 7) is -1.59. The molecule has 1 aromatic carbocycles. The highest BCUT2D eigenvalue weighted by Crippen LogP contribution is 2.30. The van der Waals surface area contributed by atoms with E-state index in [2.05, 4.69) is 10.1 Å². The van der Waals surface area contributed by atoms with Gasteiger partial charge in [-0.25, -0.2) is 4.79 Å². The zero-order valence-corrected chi connectivity index (χ0v) is 12.2. The third-order valence-electron chi connectivity index (χ3n) is 3.51. The van der Waals surface area contributed by atoms with Gasteiger partial charge < -0.3 is 15.8 Å². The summed E-state index contributed by atoms with van der Waals surface area (Å²) in [6, 6.07) is 4.73. The Kier molecular flexibility index (Phi) is 4.48. The van der Waals surface area contributed by atoms with Gasteiger partial charge in [-0.3, -0.25) is 14.5 Å². The lowest BCUT2D eigenvalue weighted by Gasteiger charge is -2.22. The number of hydrogen-bond donors (Lipinski definition) is 2. The molecule has 0 saturated carbocycles. The average molecular weight is 327 g/mol. The number of carbonyl (C=O) groups is 3. The maximum absolute atomic E-state index is 12.5. The second-order valence-corrected chi connectivity index (χ2v) is 5.13. The van der Waals surface area contributed by atoms with Gasteiger partial charge in [0.2, 0.25) is 5.91 Å². The molecule has 23 heavy (non-hydrogen) atoms. The summed E-state index contributed by atoms with van der Waals surface area (Å²) < 4.78 is 28.5. The number of benzene rings is 1. The molecule has 0 aliphatic carbocycles. The molecule has 0 unspecified atom stereocenters. The third-order valence-corrected chi connectivity index (χ3v) is 3.51. The van der Waals surface area contributed by atoms with Crippen LogP contribution >= 0.6 is 0 Å². The zero-order valence-electron chi connectivity index (χ0n) is 12.2. The minimum atomic E-state index is -2.95. The summed E-state index contributed by atoms with van der Waals surface area (Å²) in [7, 11) is 0. The molecule has 0 aromatic heterocycles. The number of urea groups is 1. The van der Waals surface area contributed by atoms with E-state index in [1.807, 2.05) is 0 Å². The second kappa shape index (κ2) is 6.19. The molecule has 0 radical (unpaired) electrons. The number of primary amides is 1. The SMILES string of the molecule is C[C@]1(c2ccc(OC(F)F)cc2)NC(=O)N(CCC(N)=O)C1=O. The number of alkyl halides is 2. The number of halogens is 2. The van der Waals surface area contributed by atoms with Gasteiger partial charge in [0.15, 0.2) is 0 Å². The average Bonchev–Trinajstić information content (AvgIpc) is 2.68. The summed E-state index contributed by atoms with van der Waals surface area (Å²) in [5.74, 6) is -1.24. The molecule has 0 bridgehead atoms. The highest BCUT2D eigenvalue weighted by atomic mass is 19.3. The normalized spacial score (nSPS) is 20.8. The summed E-state index contributed by atoms with van der Waals surface area (Å²) >= 11 is 0. The predicted molar refractivity (Wildman–Crippen MR) is 74.5 cm³/mol. The highest BCUT2D eigenvalue weighted by molar-refractivity contribution is 6.07. The Balaban J connectivity index is 2.19. The van der Waals surface area contributed by atoms with Gasteiger partial charge in [-0.1, -0.05) is 12.1 Å². The van der Waals surface area contributed by atoms with E-state index < -0.39 is 30.0 Å². The van der Waals surface area contributed by atoms with Crippen molar-refractivity contribution in [2.75, 3.05) is 6.54 Å². The maximum Gasteiger partial charge on any atom is 0.387 e. The van der Waals surface area contributed by atoms with Gasteiger partial charge in [-0.05, 0) is 24.6 Å². The van der Waals surface area contributed by atoms with Crippen LogP contribution in [-0.2, 0) is 15.1 Å². The zero-order chi connectivity index (χ0) is 17.2. The summed E-state index contributed by atoms with van der Waals surface area (Å²) in [4.78, 5) is 36.1. The first-order valence-corrected chi connectivity index (χ1v) is 6.72. The Labute approximate surface area is 130 Å². The Morgan fingerprint density at radius 3 is 2.48 bits per heavy atom. The Bertz CT molecular complexity index is 635. The van der Waals surface area contributed by atoms with Crippen molar-refractivity contribution in [3.8, 4) is 5.75 Å². The molecule has 1 heterocycles. The first kappa shape index (κ1) is 16.7. The molecule has 1 aliphatic rings. The first-order valence-electron chi connectivity index (χ1n) is 6.72. The van der Waals surface area contributed by atoms with Crippen LogP contribution < -0.4 is 15.8 Å². The lowest BCUT2D eigenvalue weighted by atomic mass is 9.92. The number of nitrogens with two attached hydrogens (primary N) is 1. The Hall–Kier alpha value is -2.71. The topological polar surface area (TPSA) is 102 Å². The van der Waals surface area contributed by atoms with E-state index >= 15 is 0 Å². The molecule has 1 atom stereocenters. The van der Waals surface area contributed by atoms with E-state index in [1.165, 1.54) is 31.2 Å². The fraction of sp³-hybridized carbons (Fsp3) is 0.357. The molecule has 1 saturated heterocycles. The number of imide groups is 1. The van der Waals surface area contributed by atoms with Crippen molar-refractivity contribution in [2.24, 2.45) is 5.73 Å². The van der Waals surface area contributed by atoms with E-state index in [9.17, 15) is 23.2 Å². The molecule has 9 heteroatoms. The van der Waals surface area contributed by atoms with E-state index in [4.69, 9.17) is 5.73 Å². The van der Waals surface area contributed by atoms with Gasteiger partial charge in [-0.2, -0.15) is 8.78 Å². The molecule has 0 spiro atoms. The van der Waals surface area contributed by atoms with Crippen LogP contribution in [0.5, 0.6) is 5.75 Å². The van der Waals surface area contributed by atoms with Gasteiger partial charge in [0.05, 0.1) is 0 Å². The minimum Gasteiger partial charge on any atom is -0.435 e. The van der Waals surface area contributed by atoms with Crippen LogP contribution in [0.15, 0.2) is 24.3 Å². The second-order valence-electron chi connectivity index (χ2n) is 5.13. The lowest BCUT2D eigenvalue weighted by Crippen LogP contribution is -2.41. The molecule has 4 amide bonds. The van der Waals surface area contributed by atoms with Crippen molar-refractivity contribution in [1.82, 2.24) is 10.2 Å². The van der Waals surface area contributed by atoms with Crippen molar-refractivity contribution in [2.45, 2.75) is 25.5 Å². The third kappa shape index (κ3) is 3.38. The Morgan fingerprint density at radius 1 is 1.35 bits per heavy atom. The minimum absolute atomic E-state index is 0.0605. The smallest absolute Gasteiger partial charge is 0.387 e. The number of ether oxygens (including phenoxy) is 1. The van der Waals surface area contributed by atoms with Gasteiger partial charge in [0.1, 0.15) is 11.3 Å². The molecular weight excluding hydrogens is 312 g/mol. The van der Waals surface area contributed by atoms with Crippen LogP contribution in [0.25, 0.3) is 0 Å². The van der Waals surface area contributed by atoms with E-state index in [0.717, 1.165) is 4.90 Å². The van der Waals surface area contributed by atoms with Gasteiger partial charge in [-0.15, -0.1) is 0 Å². The molecule has 1 fully saturated rings. The molecular formula is C14H15F2N3O4. The van der Waals surface area contributed by atoms with Gasteiger partial charge in [0.25, 0.3) is 5.91 Å². The van der Waals surface area contributed by atoms with Crippen molar-refractivity contribution >= 4 is 17.8 Å². The Morgan fingerprint density at radius 2 is 1.96 bits per heavy atom. The summed E-state index contributed by atoms with van der Waals surface area (Å²) in [6.07, 6.45) is -0.142. The van der Waals surface area contributed by atoms with Crippen molar-refractivity contribution in [3.05, 3.63) is 29.8 Å². The van der Waals surface area contributed by atoms with Gasteiger partial charge in [0, 0.05) is 13.0 Å².